The van der Waals surface area contributed by atoms with E-state index in [-0.39, 0.29) is 11.9 Å². The Morgan fingerprint density at radius 1 is 0.415 bits per heavy atom. The second kappa shape index (κ2) is 37.8. The number of rotatable bonds is 40. The van der Waals surface area contributed by atoms with Crippen molar-refractivity contribution in [2.24, 2.45) is 17.8 Å². The number of nitrogens with zero attached hydrogens (tertiary/aromatic N) is 1. The van der Waals surface area contributed by atoms with Crippen LogP contribution in [0.1, 0.15) is 246 Å². The zero-order valence-electron chi connectivity index (χ0n) is 36.4. The first-order valence-corrected chi connectivity index (χ1v) is 24.1. The fourth-order valence-corrected chi connectivity index (χ4v) is 8.53. The van der Waals surface area contributed by atoms with Crippen LogP contribution in [-0.4, -0.2) is 49.7 Å². The van der Waals surface area contributed by atoms with Crippen molar-refractivity contribution in [3.8, 4) is 0 Å². The van der Waals surface area contributed by atoms with E-state index in [2.05, 4.69) is 32.6 Å². The van der Waals surface area contributed by atoms with Crippen molar-refractivity contribution in [3.63, 3.8) is 0 Å². The molecule has 0 spiro atoms. The molecule has 0 aromatic heterocycles. The minimum Gasteiger partial charge on any atom is -0.466 e. The van der Waals surface area contributed by atoms with Crippen molar-refractivity contribution in [1.82, 2.24) is 4.90 Å². The van der Waals surface area contributed by atoms with Gasteiger partial charge in [-0.05, 0) is 95.1 Å². The zero-order valence-corrected chi connectivity index (χ0v) is 36.4. The Kier molecular flexibility index (Phi) is 35.6. The number of unbranched alkanes of at least 4 members (excludes halogenated alkanes) is 18. The number of ether oxygens (including phenoxy) is 2. The minimum absolute atomic E-state index is 0.0406. The van der Waals surface area contributed by atoms with Crippen LogP contribution in [0.2, 0.25) is 0 Å². The minimum atomic E-state index is 0.0406. The maximum atomic E-state index is 12.5. The van der Waals surface area contributed by atoms with Crippen LogP contribution in [0.4, 0.5) is 0 Å². The van der Waals surface area contributed by atoms with Crippen LogP contribution in [0.25, 0.3) is 0 Å². The molecule has 1 saturated heterocycles. The van der Waals surface area contributed by atoms with Crippen molar-refractivity contribution in [3.05, 3.63) is 0 Å². The van der Waals surface area contributed by atoms with Crippen molar-refractivity contribution in [1.29, 1.82) is 0 Å². The predicted molar refractivity (Wildman–Crippen MR) is 229 cm³/mol. The van der Waals surface area contributed by atoms with E-state index in [0.29, 0.717) is 37.9 Å². The van der Waals surface area contributed by atoms with E-state index in [1.54, 1.807) is 0 Å². The molecule has 0 amide bonds. The third kappa shape index (κ3) is 31.8. The highest BCUT2D eigenvalue weighted by Gasteiger charge is 2.18. The lowest BCUT2D eigenvalue weighted by atomic mass is 9.92. The highest BCUT2D eigenvalue weighted by Crippen LogP contribution is 2.25. The number of carbonyl (C=O) groups is 2. The molecule has 5 heteroatoms. The number of likely N-dealkylation sites (tertiary alicyclic amines) is 1. The summed E-state index contributed by atoms with van der Waals surface area (Å²) >= 11 is 0. The molecule has 1 rings (SSSR count). The topological polar surface area (TPSA) is 55.8 Å². The first-order chi connectivity index (χ1) is 26.0. The summed E-state index contributed by atoms with van der Waals surface area (Å²) in [6.07, 6.45) is 41.6. The first kappa shape index (κ1) is 49.9. The van der Waals surface area contributed by atoms with Gasteiger partial charge in [-0.25, -0.2) is 0 Å². The second-order valence-corrected chi connectivity index (χ2v) is 17.3. The molecular formula is C48H93NO4. The van der Waals surface area contributed by atoms with Crippen LogP contribution in [0.5, 0.6) is 0 Å². The summed E-state index contributed by atoms with van der Waals surface area (Å²) in [7, 11) is 0. The Bertz CT molecular complexity index is 776. The highest BCUT2D eigenvalue weighted by atomic mass is 16.5. The SMILES string of the molecule is CCCCCC(CCCCC)CC(=O)OCCCCCCCCCC(CCCCCCCOC(=O)CC(CCCCC)CCCCC)CN1CCCC1. The molecule has 0 saturated carbocycles. The monoisotopic (exact) mass is 748 g/mol. The van der Waals surface area contributed by atoms with Crippen LogP contribution in [0.3, 0.4) is 0 Å². The van der Waals surface area contributed by atoms with Gasteiger partial charge in [0.1, 0.15) is 0 Å². The molecule has 0 radical (unpaired) electrons. The summed E-state index contributed by atoms with van der Waals surface area (Å²) in [6.45, 7) is 14.2. The first-order valence-electron chi connectivity index (χ1n) is 24.1. The molecule has 1 unspecified atom stereocenters. The van der Waals surface area contributed by atoms with Crippen molar-refractivity contribution < 1.29 is 19.1 Å². The zero-order chi connectivity index (χ0) is 38.5. The van der Waals surface area contributed by atoms with Crippen molar-refractivity contribution in [2.75, 3.05) is 32.8 Å². The van der Waals surface area contributed by atoms with Crippen LogP contribution in [-0.2, 0) is 19.1 Å². The van der Waals surface area contributed by atoms with Crippen LogP contribution in [0, 0.1) is 17.8 Å². The summed E-state index contributed by atoms with van der Waals surface area (Å²) in [5.41, 5.74) is 0. The van der Waals surface area contributed by atoms with Gasteiger partial charge in [0.05, 0.1) is 13.2 Å². The standard InChI is InChI=1S/C48H93NO4/c1-5-9-21-31-44(32-22-10-6-2)41-47(50)52-39-29-19-15-13-14-17-25-35-46(43-49-37-27-28-38-49)36-26-18-16-20-30-40-53-48(51)42-45(33-23-11-7-3)34-24-12-8-4/h44-46H,5-43H2,1-4H3. The van der Waals surface area contributed by atoms with E-state index in [4.69, 9.17) is 9.47 Å². The van der Waals surface area contributed by atoms with Gasteiger partial charge in [0.25, 0.3) is 0 Å². The largest absolute Gasteiger partial charge is 0.466 e. The Morgan fingerprint density at radius 2 is 0.717 bits per heavy atom. The molecule has 0 aliphatic carbocycles. The lowest BCUT2D eigenvalue weighted by Gasteiger charge is -2.23. The Morgan fingerprint density at radius 3 is 1.08 bits per heavy atom. The maximum absolute atomic E-state index is 12.5. The molecular weight excluding hydrogens is 655 g/mol. The lowest BCUT2D eigenvalue weighted by Crippen LogP contribution is -2.26. The van der Waals surface area contributed by atoms with Gasteiger partial charge >= 0.3 is 11.9 Å². The number of hydrogen-bond acceptors (Lipinski definition) is 5. The molecule has 1 aliphatic rings. The van der Waals surface area contributed by atoms with E-state index in [0.717, 1.165) is 18.8 Å². The van der Waals surface area contributed by atoms with E-state index in [1.165, 1.54) is 212 Å². The van der Waals surface area contributed by atoms with Crippen LogP contribution in [0.15, 0.2) is 0 Å². The van der Waals surface area contributed by atoms with Gasteiger partial charge in [-0.3, -0.25) is 9.59 Å². The molecule has 1 heterocycles. The molecule has 0 N–H and O–H groups in total. The van der Waals surface area contributed by atoms with Gasteiger partial charge in [-0.15, -0.1) is 0 Å². The molecule has 1 atom stereocenters. The Balaban J connectivity index is 2.14. The van der Waals surface area contributed by atoms with Gasteiger partial charge in [0, 0.05) is 19.4 Å². The van der Waals surface area contributed by atoms with E-state index >= 15 is 0 Å². The summed E-state index contributed by atoms with van der Waals surface area (Å²) in [6, 6.07) is 0. The molecule has 0 aromatic carbocycles. The molecule has 53 heavy (non-hydrogen) atoms. The normalized spacial score (nSPS) is 14.1. The number of carbonyl (C=O) groups excluding carboxylic acids is 2. The number of esters is 2. The fraction of sp³-hybridized carbons (Fsp3) is 0.958. The molecule has 1 fully saturated rings. The Hall–Kier alpha value is -1.10. The fourth-order valence-electron chi connectivity index (χ4n) is 8.53. The molecule has 5 nitrogen and oxygen atoms in total. The van der Waals surface area contributed by atoms with Gasteiger partial charge < -0.3 is 14.4 Å². The van der Waals surface area contributed by atoms with Gasteiger partial charge in [-0.2, -0.15) is 0 Å². The van der Waals surface area contributed by atoms with Crippen molar-refractivity contribution >= 4 is 11.9 Å². The molecule has 0 aromatic rings. The summed E-state index contributed by atoms with van der Waals surface area (Å²) < 4.78 is 11.3. The lowest BCUT2D eigenvalue weighted by molar-refractivity contribution is -0.146. The predicted octanol–water partition coefficient (Wildman–Crippen LogP) is 14.6. The van der Waals surface area contributed by atoms with Gasteiger partial charge in [0.2, 0.25) is 0 Å². The molecule has 314 valence electrons. The average Bonchev–Trinajstić information content (AvgIpc) is 3.66. The van der Waals surface area contributed by atoms with Crippen LogP contribution >= 0.6 is 0 Å². The third-order valence-electron chi connectivity index (χ3n) is 12.0. The van der Waals surface area contributed by atoms with Gasteiger partial charge in [-0.1, -0.05) is 169 Å². The van der Waals surface area contributed by atoms with Crippen molar-refractivity contribution in [2.45, 2.75) is 246 Å². The Labute approximate surface area is 331 Å². The van der Waals surface area contributed by atoms with E-state index in [1.807, 2.05) is 0 Å². The van der Waals surface area contributed by atoms with E-state index < -0.39 is 0 Å². The average molecular weight is 748 g/mol. The van der Waals surface area contributed by atoms with E-state index in [9.17, 15) is 9.59 Å². The van der Waals surface area contributed by atoms with Gasteiger partial charge in [0.15, 0.2) is 0 Å². The number of hydrogen-bond donors (Lipinski definition) is 0. The summed E-state index contributed by atoms with van der Waals surface area (Å²) in [5.74, 6) is 1.97. The highest BCUT2D eigenvalue weighted by molar-refractivity contribution is 5.70. The maximum Gasteiger partial charge on any atom is 0.306 e. The molecule has 0 bridgehead atoms. The second-order valence-electron chi connectivity index (χ2n) is 17.3. The quantitative estimate of drug-likeness (QED) is 0.0461. The third-order valence-corrected chi connectivity index (χ3v) is 12.0. The molecule has 1 aliphatic heterocycles. The smallest absolute Gasteiger partial charge is 0.306 e. The summed E-state index contributed by atoms with van der Waals surface area (Å²) in [4.78, 5) is 27.8. The van der Waals surface area contributed by atoms with Crippen LogP contribution < -0.4 is 0 Å². The summed E-state index contributed by atoms with van der Waals surface area (Å²) in [5, 5.41) is 0.